The highest BCUT2D eigenvalue weighted by atomic mass is 79.9. The van der Waals surface area contributed by atoms with Gasteiger partial charge in [-0.3, -0.25) is 10.1 Å². The maximum atomic E-state index is 11.8. The number of nitrogens with one attached hydrogen (secondary N) is 2. The lowest BCUT2D eigenvalue weighted by Crippen LogP contribution is -2.48. The molecule has 1 saturated carbocycles. The van der Waals surface area contributed by atoms with Crippen LogP contribution in [-0.4, -0.2) is 24.6 Å². The molecule has 0 aliphatic heterocycles. The van der Waals surface area contributed by atoms with Gasteiger partial charge in [0.2, 0.25) is 0 Å². The molecular formula is C16H21BrN2O3. The lowest BCUT2D eigenvalue weighted by atomic mass is 9.86. The third kappa shape index (κ3) is 5.02. The van der Waals surface area contributed by atoms with Gasteiger partial charge in [0.15, 0.2) is 6.61 Å². The molecule has 1 aliphatic rings. The van der Waals surface area contributed by atoms with E-state index in [1.807, 2.05) is 18.2 Å². The largest absolute Gasteiger partial charge is 0.483 e. The van der Waals surface area contributed by atoms with Crippen molar-refractivity contribution >= 4 is 27.9 Å². The first-order valence-corrected chi connectivity index (χ1v) is 8.33. The molecule has 0 bridgehead atoms. The van der Waals surface area contributed by atoms with Crippen molar-refractivity contribution in [3.05, 3.63) is 28.7 Å². The number of halogens is 1. The van der Waals surface area contributed by atoms with Crippen molar-refractivity contribution in [3.63, 3.8) is 0 Å². The predicted octanol–water partition coefficient (Wildman–Crippen LogP) is 3.23. The first kappa shape index (κ1) is 16.8. The molecule has 2 atom stereocenters. The molecule has 0 spiro atoms. The quantitative estimate of drug-likeness (QED) is 0.856. The van der Waals surface area contributed by atoms with Gasteiger partial charge in [-0.25, -0.2) is 4.79 Å². The fourth-order valence-corrected chi connectivity index (χ4v) is 3.00. The topological polar surface area (TPSA) is 67.4 Å². The van der Waals surface area contributed by atoms with Gasteiger partial charge in [0.05, 0.1) is 4.47 Å². The highest BCUT2D eigenvalue weighted by Crippen LogP contribution is 2.24. The number of hydrogen-bond donors (Lipinski definition) is 2. The lowest BCUT2D eigenvalue weighted by Gasteiger charge is -2.29. The number of rotatable bonds is 4. The Balaban J connectivity index is 1.74. The minimum Gasteiger partial charge on any atom is -0.483 e. The monoisotopic (exact) mass is 368 g/mol. The van der Waals surface area contributed by atoms with E-state index in [9.17, 15) is 9.59 Å². The Labute approximate surface area is 138 Å². The summed E-state index contributed by atoms with van der Waals surface area (Å²) < 4.78 is 6.14. The first-order valence-electron chi connectivity index (χ1n) is 7.54. The van der Waals surface area contributed by atoms with Crippen molar-refractivity contribution in [1.82, 2.24) is 10.6 Å². The van der Waals surface area contributed by atoms with Crippen LogP contribution in [-0.2, 0) is 4.79 Å². The Morgan fingerprint density at radius 3 is 2.73 bits per heavy atom. The molecule has 0 saturated heterocycles. The number of amides is 3. The van der Waals surface area contributed by atoms with Crippen LogP contribution in [0.5, 0.6) is 5.75 Å². The molecule has 0 aromatic heterocycles. The van der Waals surface area contributed by atoms with Crippen molar-refractivity contribution < 1.29 is 14.3 Å². The minimum atomic E-state index is -0.461. The van der Waals surface area contributed by atoms with Gasteiger partial charge in [0.25, 0.3) is 5.91 Å². The zero-order valence-electron chi connectivity index (χ0n) is 12.6. The van der Waals surface area contributed by atoms with Crippen LogP contribution >= 0.6 is 15.9 Å². The smallest absolute Gasteiger partial charge is 0.321 e. The Hall–Kier alpha value is -1.56. The average Bonchev–Trinajstić information content (AvgIpc) is 2.49. The van der Waals surface area contributed by atoms with E-state index in [4.69, 9.17) is 4.74 Å². The molecule has 1 aliphatic carbocycles. The molecule has 0 radical (unpaired) electrons. The molecule has 0 heterocycles. The highest BCUT2D eigenvalue weighted by Gasteiger charge is 2.23. The van der Waals surface area contributed by atoms with E-state index in [0.717, 1.165) is 23.7 Å². The van der Waals surface area contributed by atoms with Crippen LogP contribution in [0.1, 0.15) is 32.6 Å². The van der Waals surface area contributed by atoms with Gasteiger partial charge in [0.1, 0.15) is 5.75 Å². The zero-order chi connectivity index (χ0) is 15.9. The van der Waals surface area contributed by atoms with Gasteiger partial charge in [-0.2, -0.15) is 0 Å². The Bertz CT molecular complexity index is 536. The number of urea groups is 1. The van der Waals surface area contributed by atoms with E-state index >= 15 is 0 Å². The van der Waals surface area contributed by atoms with Crippen LogP contribution in [0.25, 0.3) is 0 Å². The molecule has 5 nitrogen and oxygen atoms in total. The molecule has 1 fully saturated rings. The lowest BCUT2D eigenvalue weighted by molar-refractivity contribution is -0.122. The summed E-state index contributed by atoms with van der Waals surface area (Å²) in [5, 5.41) is 5.18. The van der Waals surface area contributed by atoms with Gasteiger partial charge in [0, 0.05) is 6.04 Å². The van der Waals surface area contributed by atoms with Crippen LogP contribution in [0.4, 0.5) is 4.79 Å². The second-order valence-electron chi connectivity index (χ2n) is 5.61. The Morgan fingerprint density at radius 2 is 2.00 bits per heavy atom. The number of imide groups is 1. The highest BCUT2D eigenvalue weighted by molar-refractivity contribution is 9.10. The zero-order valence-corrected chi connectivity index (χ0v) is 14.2. The number of para-hydroxylation sites is 1. The number of carbonyl (C=O) groups is 2. The molecule has 1 aromatic rings. The molecule has 3 amide bonds. The number of carbonyl (C=O) groups excluding carboxylic acids is 2. The van der Waals surface area contributed by atoms with E-state index in [-0.39, 0.29) is 12.6 Å². The summed E-state index contributed by atoms with van der Waals surface area (Å²) in [4.78, 5) is 23.6. The van der Waals surface area contributed by atoms with E-state index in [1.165, 1.54) is 6.42 Å². The molecule has 22 heavy (non-hydrogen) atoms. The Morgan fingerprint density at radius 1 is 1.27 bits per heavy atom. The maximum absolute atomic E-state index is 11.8. The van der Waals surface area contributed by atoms with Crippen LogP contribution in [0.2, 0.25) is 0 Å². The number of ether oxygens (including phenoxy) is 1. The van der Waals surface area contributed by atoms with Crippen molar-refractivity contribution in [3.8, 4) is 5.75 Å². The van der Waals surface area contributed by atoms with Gasteiger partial charge < -0.3 is 10.1 Å². The van der Waals surface area contributed by atoms with Crippen LogP contribution in [0.3, 0.4) is 0 Å². The van der Waals surface area contributed by atoms with Crippen molar-refractivity contribution in [2.45, 2.75) is 38.6 Å². The molecule has 6 heteroatoms. The van der Waals surface area contributed by atoms with Gasteiger partial charge >= 0.3 is 6.03 Å². The average molecular weight is 369 g/mol. The summed E-state index contributed by atoms with van der Waals surface area (Å²) in [6, 6.07) is 6.95. The van der Waals surface area contributed by atoms with Crippen molar-refractivity contribution in [1.29, 1.82) is 0 Å². The van der Waals surface area contributed by atoms with Gasteiger partial charge in [-0.15, -0.1) is 0 Å². The normalized spacial score (nSPS) is 21.0. The molecule has 2 rings (SSSR count). The van der Waals surface area contributed by atoms with Crippen molar-refractivity contribution in [2.75, 3.05) is 6.61 Å². The SMILES string of the molecule is C[C@H]1CCCC[C@@H]1NC(=O)NC(=O)COc1ccccc1Br. The number of benzene rings is 1. The van der Waals surface area contributed by atoms with Crippen LogP contribution < -0.4 is 15.4 Å². The van der Waals surface area contributed by atoms with E-state index in [2.05, 4.69) is 33.5 Å². The third-order valence-corrected chi connectivity index (χ3v) is 4.53. The summed E-state index contributed by atoms with van der Waals surface area (Å²) in [5.74, 6) is 0.557. The summed E-state index contributed by atoms with van der Waals surface area (Å²) in [6.45, 7) is 1.93. The van der Waals surface area contributed by atoms with E-state index in [0.29, 0.717) is 11.7 Å². The second kappa shape index (κ2) is 8.17. The van der Waals surface area contributed by atoms with Crippen molar-refractivity contribution in [2.24, 2.45) is 5.92 Å². The minimum absolute atomic E-state index is 0.144. The molecule has 0 unspecified atom stereocenters. The fourth-order valence-electron chi connectivity index (χ4n) is 2.60. The predicted molar refractivity (Wildman–Crippen MR) is 87.7 cm³/mol. The summed E-state index contributed by atoms with van der Waals surface area (Å²) in [6.07, 6.45) is 4.41. The fraction of sp³-hybridized carbons (Fsp3) is 0.500. The van der Waals surface area contributed by atoms with Gasteiger partial charge in [-0.05, 0) is 46.8 Å². The Kier molecular flexibility index (Phi) is 6.24. The standard InChI is InChI=1S/C16H21BrN2O3/c1-11-6-2-4-8-13(11)18-16(21)19-15(20)10-22-14-9-5-3-7-12(14)17/h3,5,7,9,11,13H,2,4,6,8,10H2,1H3,(H2,18,19,20,21)/t11-,13-/m0/s1. The second-order valence-corrected chi connectivity index (χ2v) is 6.46. The first-order chi connectivity index (χ1) is 10.6. The van der Waals surface area contributed by atoms with Crippen LogP contribution in [0, 0.1) is 5.92 Å². The van der Waals surface area contributed by atoms with Crippen LogP contribution in [0.15, 0.2) is 28.7 Å². The van der Waals surface area contributed by atoms with E-state index in [1.54, 1.807) is 6.07 Å². The summed E-state index contributed by atoms with van der Waals surface area (Å²) in [7, 11) is 0. The summed E-state index contributed by atoms with van der Waals surface area (Å²) in [5.41, 5.74) is 0. The molecule has 1 aromatic carbocycles. The molecule has 2 N–H and O–H groups in total. The summed E-state index contributed by atoms with van der Waals surface area (Å²) >= 11 is 3.33. The molecular weight excluding hydrogens is 348 g/mol. The van der Waals surface area contributed by atoms with E-state index < -0.39 is 11.9 Å². The number of hydrogen-bond acceptors (Lipinski definition) is 3. The van der Waals surface area contributed by atoms with Gasteiger partial charge in [-0.1, -0.05) is 31.9 Å². The molecule has 120 valence electrons. The maximum Gasteiger partial charge on any atom is 0.321 e. The third-order valence-electron chi connectivity index (χ3n) is 3.88.